The van der Waals surface area contributed by atoms with Gasteiger partial charge in [0.2, 0.25) is 0 Å². The molecule has 2 heterocycles. The summed E-state index contributed by atoms with van der Waals surface area (Å²) in [5, 5.41) is 11.4. The second-order valence-electron chi connectivity index (χ2n) is 8.14. The Balaban J connectivity index is 1.96. The largest absolute Gasteiger partial charge is 0.462 e. The molecule has 0 radical (unpaired) electrons. The summed E-state index contributed by atoms with van der Waals surface area (Å²) < 4.78 is 21.6. The minimum atomic E-state index is -0.929. The molecule has 0 aromatic heterocycles. The van der Waals surface area contributed by atoms with Crippen LogP contribution in [0.15, 0.2) is 40.5 Å². The van der Waals surface area contributed by atoms with Gasteiger partial charge in [-0.2, -0.15) is 0 Å². The van der Waals surface area contributed by atoms with E-state index in [2.05, 4.69) is 4.99 Å². The zero-order valence-corrected chi connectivity index (χ0v) is 19.1. The number of hydrogen-bond donors (Lipinski definition) is 0. The molecule has 10 heteroatoms. The van der Waals surface area contributed by atoms with E-state index in [1.54, 1.807) is 33.8 Å². The van der Waals surface area contributed by atoms with Crippen LogP contribution in [0.3, 0.4) is 0 Å². The molecular weight excluding hydrogens is 432 g/mol. The molecule has 2 atom stereocenters. The van der Waals surface area contributed by atoms with E-state index < -0.39 is 35.0 Å². The molecule has 33 heavy (non-hydrogen) atoms. The van der Waals surface area contributed by atoms with Gasteiger partial charge in [-0.25, -0.2) is 4.79 Å². The van der Waals surface area contributed by atoms with Crippen molar-refractivity contribution in [1.29, 1.82) is 0 Å². The molecule has 10 nitrogen and oxygen atoms in total. The molecule has 2 aliphatic heterocycles. The van der Waals surface area contributed by atoms with Crippen LogP contribution in [0.25, 0.3) is 0 Å². The number of esters is 2. The first-order valence-electron chi connectivity index (χ1n) is 10.8. The highest BCUT2D eigenvalue weighted by molar-refractivity contribution is 6.07. The van der Waals surface area contributed by atoms with E-state index in [4.69, 9.17) is 18.9 Å². The number of aliphatic imine (C=N–C) groups is 1. The molecule has 0 saturated carbocycles. The summed E-state index contributed by atoms with van der Waals surface area (Å²) in [5.74, 6) is -2.99. The molecule has 2 aliphatic rings. The summed E-state index contributed by atoms with van der Waals surface area (Å²) in [6.45, 7) is 7.80. The van der Waals surface area contributed by atoms with Gasteiger partial charge < -0.3 is 18.9 Å². The molecule has 178 valence electrons. The minimum Gasteiger partial charge on any atom is -0.462 e. The first-order chi connectivity index (χ1) is 15.7. The Morgan fingerprint density at radius 3 is 2.58 bits per heavy atom. The molecule has 1 aromatic carbocycles. The van der Waals surface area contributed by atoms with Crippen LogP contribution < -0.4 is 0 Å². The van der Waals surface area contributed by atoms with Crippen molar-refractivity contribution in [2.75, 3.05) is 19.8 Å². The summed E-state index contributed by atoms with van der Waals surface area (Å²) in [5.41, 5.74) is 1.29. The van der Waals surface area contributed by atoms with E-state index in [9.17, 15) is 19.7 Å². The number of ether oxygens (including phenoxy) is 4. The lowest BCUT2D eigenvalue weighted by atomic mass is 9.75. The van der Waals surface area contributed by atoms with Gasteiger partial charge in [0, 0.05) is 35.9 Å². The maximum Gasteiger partial charge on any atom is 0.336 e. The number of rotatable bonds is 8. The fourth-order valence-corrected chi connectivity index (χ4v) is 4.00. The summed E-state index contributed by atoms with van der Waals surface area (Å²) >= 11 is 0. The number of non-ortho nitro benzene ring substituents is 1. The Kier molecular flexibility index (Phi) is 7.93. The number of nitro benzene ring substituents is 1. The van der Waals surface area contributed by atoms with Gasteiger partial charge in [-0.3, -0.25) is 19.9 Å². The van der Waals surface area contributed by atoms with Gasteiger partial charge in [0.05, 0.1) is 36.4 Å². The highest BCUT2D eigenvalue weighted by atomic mass is 16.7. The van der Waals surface area contributed by atoms with Gasteiger partial charge in [0.25, 0.3) is 5.69 Å². The van der Waals surface area contributed by atoms with Crippen molar-refractivity contribution >= 4 is 23.3 Å². The predicted molar refractivity (Wildman–Crippen MR) is 118 cm³/mol. The normalized spacial score (nSPS) is 21.2. The van der Waals surface area contributed by atoms with E-state index in [1.165, 1.54) is 18.2 Å². The van der Waals surface area contributed by atoms with Crippen LogP contribution in [-0.4, -0.2) is 54.8 Å². The summed E-state index contributed by atoms with van der Waals surface area (Å²) in [4.78, 5) is 41.5. The smallest absolute Gasteiger partial charge is 0.336 e. The molecular formula is C23H28N2O8. The first kappa shape index (κ1) is 24.5. The van der Waals surface area contributed by atoms with Crippen LogP contribution in [0.2, 0.25) is 0 Å². The molecule has 0 bridgehead atoms. The number of benzene rings is 1. The second-order valence-corrected chi connectivity index (χ2v) is 8.14. The van der Waals surface area contributed by atoms with Crippen LogP contribution >= 0.6 is 0 Å². The Labute approximate surface area is 191 Å². The Hall–Kier alpha value is -3.11. The van der Waals surface area contributed by atoms with Gasteiger partial charge in [-0.05, 0) is 33.3 Å². The molecule has 1 aromatic rings. The van der Waals surface area contributed by atoms with Crippen LogP contribution in [0.5, 0.6) is 0 Å². The number of carbonyl (C=O) groups excluding carboxylic acids is 2. The third-order valence-electron chi connectivity index (χ3n) is 5.37. The van der Waals surface area contributed by atoms with Gasteiger partial charge >= 0.3 is 11.9 Å². The van der Waals surface area contributed by atoms with E-state index in [1.807, 2.05) is 0 Å². The monoisotopic (exact) mass is 460 g/mol. The number of hydrogen-bond acceptors (Lipinski definition) is 9. The third-order valence-corrected chi connectivity index (χ3v) is 5.37. The topological polar surface area (TPSA) is 127 Å². The average Bonchev–Trinajstić information content (AvgIpc) is 3.26. The SMILES string of the molecule is CC1=NC(C)=C(C(=O)OCCC2OCCO2)C(c2cccc([N+](=O)[O-])c2)C1C(=O)OC(C)C. The van der Waals surface area contributed by atoms with Gasteiger partial charge in [0.15, 0.2) is 6.29 Å². The van der Waals surface area contributed by atoms with Crippen LogP contribution in [0, 0.1) is 16.0 Å². The molecule has 0 spiro atoms. The van der Waals surface area contributed by atoms with E-state index in [0.29, 0.717) is 36.6 Å². The van der Waals surface area contributed by atoms with Crippen molar-refractivity contribution < 1.29 is 33.5 Å². The summed E-state index contributed by atoms with van der Waals surface area (Å²) in [7, 11) is 0. The molecule has 3 rings (SSSR count). The third kappa shape index (κ3) is 5.82. The molecule has 0 aliphatic carbocycles. The molecule has 1 saturated heterocycles. The number of nitrogens with zero attached hydrogens (tertiary/aromatic N) is 2. The fraction of sp³-hybridized carbons (Fsp3) is 0.522. The lowest BCUT2D eigenvalue weighted by molar-refractivity contribution is -0.384. The summed E-state index contributed by atoms with van der Waals surface area (Å²) in [6, 6.07) is 5.88. The molecule has 1 fully saturated rings. The summed E-state index contributed by atoms with van der Waals surface area (Å²) in [6.07, 6.45) is -0.452. The van der Waals surface area contributed by atoms with Gasteiger partial charge in [0.1, 0.15) is 5.92 Å². The predicted octanol–water partition coefficient (Wildman–Crippen LogP) is 3.30. The number of allylic oxidation sites excluding steroid dienone is 1. The van der Waals surface area contributed by atoms with E-state index in [0.717, 1.165) is 0 Å². The van der Waals surface area contributed by atoms with Crippen molar-refractivity contribution in [3.63, 3.8) is 0 Å². The second kappa shape index (κ2) is 10.7. The molecule has 2 unspecified atom stereocenters. The minimum absolute atomic E-state index is 0.0474. The van der Waals surface area contributed by atoms with Crippen LogP contribution in [-0.2, 0) is 28.5 Å². The average molecular weight is 460 g/mol. The highest BCUT2D eigenvalue weighted by Crippen LogP contribution is 2.41. The highest BCUT2D eigenvalue weighted by Gasteiger charge is 2.43. The first-order valence-corrected chi connectivity index (χ1v) is 10.8. The lowest BCUT2D eigenvalue weighted by Gasteiger charge is -2.32. The van der Waals surface area contributed by atoms with Crippen LogP contribution in [0.4, 0.5) is 5.69 Å². The molecule has 0 N–H and O–H groups in total. The van der Waals surface area contributed by atoms with E-state index in [-0.39, 0.29) is 24.0 Å². The standard InChI is InChI=1S/C23H28N2O8/c1-13(2)33-23(27)20-15(4)24-14(3)19(22(26)32-9-8-18-30-10-11-31-18)21(20)16-6-5-7-17(12-16)25(28)29/h5-7,12-13,18,20-21H,8-11H2,1-4H3. The van der Waals surface area contributed by atoms with E-state index >= 15 is 0 Å². The Morgan fingerprint density at radius 1 is 1.24 bits per heavy atom. The number of nitro groups is 1. The van der Waals surface area contributed by atoms with Gasteiger partial charge in [-0.15, -0.1) is 0 Å². The maximum absolute atomic E-state index is 13.2. The van der Waals surface area contributed by atoms with Gasteiger partial charge in [-0.1, -0.05) is 12.1 Å². The zero-order valence-electron chi connectivity index (χ0n) is 19.1. The fourth-order valence-electron chi connectivity index (χ4n) is 4.00. The quantitative estimate of drug-likeness (QED) is 0.328. The Bertz CT molecular complexity index is 978. The number of carbonyl (C=O) groups is 2. The van der Waals surface area contributed by atoms with Crippen molar-refractivity contribution in [2.45, 2.75) is 52.4 Å². The van der Waals surface area contributed by atoms with Crippen molar-refractivity contribution in [1.82, 2.24) is 0 Å². The van der Waals surface area contributed by atoms with Crippen LogP contribution in [0.1, 0.15) is 45.6 Å². The zero-order chi connectivity index (χ0) is 24.1. The molecule has 0 amide bonds. The maximum atomic E-state index is 13.2. The van der Waals surface area contributed by atoms with Crippen molar-refractivity contribution in [3.8, 4) is 0 Å². The lowest BCUT2D eigenvalue weighted by Crippen LogP contribution is -2.37. The van der Waals surface area contributed by atoms with Crippen molar-refractivity contribution in [3.05, 3.63) is 51.2 Å². The Morgan fingerprint density at radius 2 is 1.94 bits per heavy atom. The van der Waals surface area contributed by atoms with Crippen molar-refractivity contribution in [2.24, 2.45) is 10.9 Å².